The van der Waals surface area contributed by atoms with E-state index in [0.717, 1.165) is 16.3 Å². The van der Waals surface area contributed by atoms with E-state index in [1.54, 1.807) is 6.07 Å². The van der Waals surface area contributed by atoms with Crippen LogP contribution in [-0.2, 0) is 9.53 Å². The largest absolute Gasteiger partial charge is 0.452 e. The zero-order valence-corrected chi connectivity index (χ0v) is 14.9. The predicted molar refractivity (Wildman–Crippen MR) is 100 cm³/mol. The summed E-state index contributed by atoms with van der Waals surface area (Å²) >= 11 is 5.84. The number of hydrogen-bond acceptors (Lipinski definition) is 4. The van der Waals surface area contributed by atoms with E-state index in [1.807, 2.05) is 49.4 Å². The highest BCUT2D eigenvalue weighted by atomic mass is 35.5. The van der Waals surface area contributed by atoms with Crippen molar-refractivity contribution in [3.05, 3.63) is 77.1 Å². The Bertz CT molecular complexity index is 953. The highest BCUT2D eigenvalue weighted by Crippen LogP contribution is 2.24. The van der Waals surface area contributed by atoms with Gasteiger partial charge in [0.2, 0.25) is 0 Å². The molecule has 5 nitrogen and oxygen atoms in total. The lowest BCUT2D eigenvalue weighted by molar-refractivity contribution is -0.124. The van der Waals surface area contributed by atoms with Crippen molar-refractivity contribution in [3.63, 3.8) is 0 Å². The first-order valence-corrected chi connectivity index (χ1v) is 8.48. The minimum Gasteiger partial charge on any atom is -0.452 e. The van der Waals surface area contributed by atoms with E-state index in [0.29, 0.717) is 0 Å². The molecule has 0 aliphatic carbocycles. The number of esters is 1. The number of aromatic nitrogens is 1. The molecule has 1 unspecified atom stereocenters. The van der Waals surface area contributed by atoms with Crippen LogP contribution in [0.25, 0.3) is 10.8 Å². The fourth-order valence-corrected chi connectivity index (χ4v) is 2.93. The molecule has 1 heterocycles. The second-order valence-corrected chi connectivity index (χ2v) is 6.13. The summed E-state index contributed by atoms with van der Waals surface area (Å²) in [5.74, 6) is -1.07. The fourth-order valence-electron chi connectivity index (χ4n) is 2.74. The van der Waals surface area contributed by atoms with E-state index in [4.69, 9.17) is 16.3 Å². The van der Waals surface area contributed by atoms with Gasteiger partial charge in [0.05, 0.1) is 11.6 Å². The summed E-state index contributed by atoms with van der Waals surface area (Å²) in [5.41, 5.74) is 1.13. The summed E-state index contributed by atoms with van der Waals surface area (Å²) in [6.07, 6.45) is 1.47. The third-order valence-electron chi connectivity index (χ3n) is 3.98. The van der Waals surface area contributed by atoms with Crippen molar-refractivity contribution in [1.82, 2.24) is 10.3 Å². The number of pyridine rings is 1. The van der Waals surface area contributed by atoms with Gasteiger partial charge in [-0.05, 0) is 35.4 Å². The number of hydrogen-bond donors (Lipinski definition) is 1. The number of benzene rings is 2. The van der Waals surface area contributed by atoms with Crippen LogP contribution in [-0.4, -0.2) is 23.5 Å². The molecule has 26 heavy (non-hydrogen) atoms. The number of fused-ring (bicyclic) bond motifs is 1. The normalized spacial score (nSPS) is 11.8. The molecule has 3 aromatic rings. The number of ether oxygens (including phenoxy) is 1. The molecule has 2 aromatic carbocycles. The summed E-state index contributed by atoms with van der Waals surface area (Å²) in [6, 6.07) is 16.7. The molecule has 1 aromatic heterocycles. The molecule has 0 aliphatic heterocycles. The van der Waals surface area contributed by atoms with Gasteiger partial charge in [0, 0.05) is 6.20 Å². The zero-order chi connectivity index (χ0) is 18.5. The van der Waals surface area contributed by atoms with Crippen LogP contribution in [0.4, 0.5) is 0 Å². The van der Waals surface area contributed by atoms with Gasteiger partial charge >= 0.3 is 5.97 Å². The first-order chi connectivity index (χ1) is 12.6. The Morgan fingerprint density at radius 1 is 1.12 bits per heavy atom. The number of carbonyl (C=O) groups is 2. The predicted octanol–water partition coefficient (Wildman–Crippen LogP) is 3.92. The Labute approximate surface area is 156 Å². The lowest BCUT2D eigenvalue weighted by Gasteiger charge is -2.16. The van der Waals surface area contributed by atoms with Crippen molar-refractivity contribution in [3.8, 4) is 0 Å². The Balaban J connectivity index is 1.63. The summed E-state index contributed by atoms with van der Waals surface area (Å²) in [7, 11) is 0. The first kappa shape index (κ1) is 17.9. The van der Waals surface area contributed by atoms with E-state index in [2.05, 4.69) is 10.3 Å². The number of carbonyl (C=O) groups excluding carboxylic acids is 2. The molecule has 0 saturated heterocycles. The molecule has 0 aliphatic rings. The molecular formula is C20H17ClN2O3. The number of nitrogens with zero attached hydrogens (tertiary/aromatic N) is 1. The molecule has 0 fully saturated rings. The minimum absolute atomic E-state index is 0.0435. The van der Waals surface area contributed by atoms with E-state index >= 15 is 0 Å². The monoisotopic (exact) mass is 368 g/mol. The second kappa shape index (κ2) is 7.97. The number of rotatable bonds is 5. The lowest BCUT2D eigenvalue weighted by atomic mass is 10.00. The lowest BCUT2D eigenvalue weighted by Crippen LogP contribution is -2.31. The molecule has 0 saturated carbocycles. The average molecular weight is 369 g/mol. The van der Waals surface area contributed by atoms with Crippen LogP contribution < -0.4 is 5.32 Å². The van der Waals surface area contributed by atoms with Gasteiger partial charge in [0.25, 0.3) is 5.91 Å². The third kappa shape index (κ3) is 4.00. The second-order valence-electron chi connectivity index (χ2n) is 5.78. The highest BCUT2D eigenvalue weighted by molar-refractivity contribution is 6.32. The summed E-state index contributed by atoms with van der Waals surface area (Å²) < 4.78 is 5.02. The van der Waals surface area contributed by atoms with Gasteiger partial charge in [0.1, 0.15) is 5.15 Å². The average Bonchev–Trinajstić information content (AvgIpc) is 2.66. The van der Waals surface area contributed by atoms with E-state index in [1.165, 1.54) is 12.3 Å². The SMILES string of the molecule is CC(NC(=O)COC(=O)c1cccnc1Cl)c1cccc2ccccc12. The Hall–Kier alpha value is -2.92. The van der Waals surface area contributed by atoms with Crippen molar-refractivity contribution in [2.24, 2.45) is 0 Å². The smallest absolute Gasteiger partial charge is 0.341 e. The minimum atomic E-state index is -0.684. The van der Waals surface area contributed by atoms with Gasteiger partial charge in [-0.2, -0.15) is 0 Å². The van der Waals surface area contributed by atoms with E-state index < -0.39 is 11.9 Å². The van der Waals surface area contributed by atoms with Crippen molar-refractivity contribution >= 4 is 34.2 Å². The van der Waals surface area contributed by atoms with Gasteiger partial charge in [-0.25, -0.2) is 9.78 Å². The van der Waals surface area contributed by atoms with Crippen molar-refractivity contribution < 1.29 is 14.3 Å². The molecule has 1 amide bonds. The summed E-state index contributed by atoms with van der Waals surface area (Å²) in [6.45, 7) is 1.50. The third-order valence-corrected chi connectivity index (χ3v) is 4.28. The van der Waals surface area contributed by atoms with Crippen LogP contribution in [0.2, 0.25) is 5.15 Å². The number of amides is 1. The molecule has 3 rings (SSSR count). The first-order valence-electron chi connectivity index (χ1n) is 8.11. The molecular weight excluding hydrogens is 352 g/mol. The maximum Gasteiger partial charge on any atom is 0.341 e. The van der Waals surface area contributed by atoms with Crippen LogP contribution in [0.15, 0.2) is 60.8 Å². The van der Waals surface area contributed by atoms with Crippen LogP contribution in [0.5, 0.6) is 0 Å². The van der Waals surface area contributed by atoms with Crippen LogP contribution in [0.1, 0.15) is 28.9 Å². The van der Waals surface area contributed by atoms with E-state index in [9.17, 15) is 9.59 Å². The maximum atomic E-state index is 12.1. The number of halogens is 1. The quantitative estimate of drug-likeness (QED) is 0.547. The van der Waals surface area contributed by atoms with Gasteiger partial charge in [-0.15, -0.1) is 0 Å². The highest BCUT2D eigenvalue weighted by Gasteiger charge is 2.16. The Morgan fingerprint density at radius 3 is 2.69 bits per heavy atom. The zero-order valence-electron chi connectivity index (χ0n) is 14.1. The Kier molecular flexibility index (Phi) is 5.49. The number of nitrogens with one attached hydrogen (secondary N) is 1. The molecule has 6 heteroatoms. The van der Waals surface area contributed by atoms with Gasteiger partial charge < -0.3 is 10.1 Å². The standard InChI is InChI=1S/C20H17ClN2O3/c1-13(15-9-4-7-14-6-2-3-8-16(14)15)23-18(24)12-26-20(25)17-10-5-11-22-19(17)21/h2-11,13H,12H2,1H3,(H,23,24). The van der Waals surface area contributed by atoms with Crippen LogP contribution in [0, 0.1) is 0 Å². The van der Waals surface area contributed by atoms with Crippen LogP contribution >= 0.6 is 11.6 Å². The summed E-state index contributed by atoms with van der Waals surface area (Å²) in [5, 5.41) is 5.06. The molecule has 0 spiro atoms. The van der Waals surface area contributed by atoms with Gasteiger partial charge in [-0.1, -0.05) is 54.1 Å². The van der Waals surface area contributed by atoms with Crippen molar-refractivity contribution in [2.45, 2.75) is 13.0 Å². The van der Waals surface area contributed by atoms with Gasteiger partial charge in [-0.3, -0.25) is 4.79 Å². The molecule has 1 N–H and O–H groups in total. The van der Waals surface area contributed by atoms with Crippen molar-refractivity contribution in [1.29, 1.82) is 0 Å². The fraction of sp³-hybridized carbons (Fsp3) is 0.150. The summed E-state index contributed by atoms with van der Waals surface area (Å²) in [4.78, 5) is 27.9. The van der Waals surface area contributed by atoms with Gasteiger partial charge in [0.15, 0.2) is 6.61 Å². The Morgan fingerprint density at radius 2 is 1.88 bits per heavy atom. The van der Waals surface area contributed by atoms with Crippen LogP contribution in [0.3, 0.4) is 0 Å². The molecule has 0 bridgehead atoms. The van der Waals surface area contributed by atoms with E-state index in [-0.39, 0.29) is 23.4 Å². The molecule has 1 atom stereocenters. The van der Waals surface area contributed by atoms with Crippen molar-refractivity contribution in [2.75, 3.05) is 6.61 Å². The topological polar surface area (TPSA) is 68.3 Å². The molecule has 0 radical (unpaired) electrons. The maximum absolute atomic E-state index is 12.1. The molecule has 132 valence electrons.